The monoisotopic (exact) mass is 1050 g/mol. The number of thiazole rings is 1. The number of carbonyl (C=O) groups is 2. The molecule has 0 unspecified atom stereocenters. The number of nitrogens with zero attached hydrogens (tertiary/aromatic N) is 7. The number of methoxy groups -OCH3 is 3. The predicted molar refractivity (Wildman–Crippen MR) is 274 cm³/mol. The Morgan fingerprint density at radius 1 is 0.822 bits per heavy atom. The fourth-order valence-corrected chi connectivity index (χ4v) is 12.4. The molecule has 0 bridgehead atoms. The normalized spacial score (nSPS) is 14.0. The van der Waals surface area contributed by atoms with E-state index in [2.05, 4.69) is 25.3 Å². The number of nitrogens with one attached hydrogen (secondary N) is 2. The zero-order valence-electron chi connectivity index (χ0n) is 40.8. The molecule has 2 amide bonds. The number of hydrogen-bond acceptors (Lipinski definition) is 16. The lowest BCUT2D eigenvalue weighted by molar-refractivity contribution is 0.0291. The molecule has 0 saturated carbocycles. The van der Waals surface area contributed by atoms with Crippen LogP contribution in [0.5, 0.6) is 17.2 Å². The maximum Gasteiger partial charge on any atom is 0.410 e. The van der Waals surface area contributed by atoms with E-state index >= 15 is 16.8 Å². The van der Waals surface area contributed by atoms with Crippen molar-refractivity contribution in [2.45, 2.75) is 68.3 Å². The molecule has 8 rings (SSSR count). The Balaban J connectivity index is 1.33. The van der Waals surface area contributed by atoms with Crippen LogP contribution in [0.3, 0.4) is 0 Å². The number of sulfonamides is 2. The second kappa shape index (κ2) is 21.7. The summed E-state index contributed by atoms with van der Waals surface area (Å²) in [4.78, 5) is 30.8. The van der Waals surface area contributed by atoms with Crippen molar-refractivity contribution in [1.29, 1.82) is 0 Å². The molecule has 1 aliphatic heterocycles. The van der Waals surface area contributed by atoms with Gasteiger partial charge in [0.25, 0.3) is 5.91 Å². The summed E-state index contributed by atoms with van der Waals surface area (Å²) in [5.41, 5.74) is 7.62. The van der Waals surface area contributed by atoms with Gasteiger partial charge >= 0.3 is 6.09 Å². The van der Waals surface area contributed by atoms with Crippen molar-refractivity contribution >= 4 is 54.2 Å². The second-order valence-corrected chi connectivity index (χ2v) is 22.3. The number of rotatable bonds is 19. The van der Waals surface area contributed by atoms with Crippen LogP contribution in [0.4, 0.5) is 15.6 Å². The quantitative estimate of drug-likeness (QED) is 0.0733. The number of amides is 2. The van der Waals surface area contributed by atoms with Gasteiger partial charge in [0.15, 0.2) is 5.13 Å². The van der Waals surface area contributed by atoms with Crippen LogP contribution in [0.25, 0.3) is 22.5 Å². The van der Waals surface area contributed by atoms with Gasteiger partial charge in [-0.15, -0.1) is 21.5 Å². The Morgan fingerprint density at radius 2 is 1.42 bits per heavy atom. The van der Waals surface area contributed by atoms with Crippen LogP contribution >= 0.6 is 11.3 Å². The van der Waals surface area contributed by atoms with E-state index in [0.29, 0.717) is 44.8 Å². The molecule has 1 aliphatic rings. The van der Waals surface area contributed by atoms with Crippen molar-refractivity contribution in [3.8, 4) is 39.8 Å². The largest absolute Gasteiger partial charge is 0.497 e. The average Bonchev–Trinajstić information content (AvgIpc) is 4.16. The molecule has 7 aromatic rings. The van der Waals surface area contributed by atoms with Crippen molar-refractivity contribution in [1.82, 2.24) is 39.1 Å². The predicted octanol–water partition coefficient (Wildman–Crippen LogP) is 7.06. The first-order valence-electron chi connectivity index (χ1n) is 22.8. The molecule has 0 spiro atoms. The number of nitrogens with two attached hydrogens (primary N) is 1. The van der Waals surface area contributed by atoms with Crippen LogP contribution < -0.4 is 30.0 Å². The molecule has 23 heteroatoms. The van der Waals surface area contributed by atoms with Crippen LogP contribution in [0, 0.1) is 0 Å². The summed E-state index contributed by atoms with van der Waals surface area (Å²) in [6.07, 6.45) is -0.395. The molecule has 4 N–H and O–H groups in total. The lowest BCUT2D eigenvalue weighted by atomic mass is 9.98. The third-order valence-electron chi connectivity index (χ3n) is 11.5. The van der Waals surface area contributed by atoms with Crippen LogP contribution in [-0.2, 0) is 44.4 Å². The zero-order valence-corrected chi connectivity index (χ0v) is 43.3. The molecule has 1 atom stereocenters. The van der Waals surface area contributed by atoms with Gasteiger partial charge in [0, 0.05) is 43.3 Å². The third-order valence-corrected chi connectivity index (χ3v) is 15.9. The number of ether oxygens (including phenoxy) is 4. The van der Waals surface area contributed by atoms with Gasteiger partial charge in [-0.1, -0.05) is 54.6 Å². The smallest absolute Gasteiger partial charge is 0.410 e. The average molecular weight is 1050 g/mol. The molecule has 5 aromatic carbocycles. The number of hydrogen-bond donors (Lipinski definition) is 3. The molecule has 2 aromatic heterocycles. The van der Waals surface area contributed by atoms with Gasteiger partial charge < -0.3 is 34.9 Å². The Kier molecular flexibility index (Phi) is 15.4. The molecule has 1 saturated heterocycles. The summed E-state index contributed by atoms with van der Waals surface area (Å²) < 4.78 is 88.5. The Bertz CT molecular complexity index is 3280. The highest BCUT2D eigenvalue weighted by Crippen LogP contribution is 2.42. The van der Waals surface area contributed by atoms with Crippen molar-refractivity contribution in [2.24, 2.45) is 5.73 Å². The minimum Gasteiger partial charge on any atom is -0.497 e. The van der Waals surface area contributed by atoms with E-state index in [1.807, 2.05) is 12.1 Å². The van der Waals surface area contributed by atoms with Crippen LogP contribution in [0.2, 0.25) is 0 Å². The van der Waals surface area contributed by atoms with Gasteiger partial charge in [-0.25, -0.2) is 31.3 Å². The summed E-state index contributed by atoms with van der Waals surface area (Å²) in [5.74, 6) is 0.822. The third kappa shape index (κ3) is 12.4. The summed E-state index contributed by atoms with van der Waals surface area (Å²) >= 11 is 1.15. The number of aromatic nitrogens is 5. The minimum atomic E-state index is -4.98. The molecule has 382 valence electrons. The van der Waals surface area contributed by atoms with E-state index in [-0.39, 0.29) is 61.8 Å². The summed E-state index contributed by atoms with van der Waals surface area (Å²) in [6.45, 7) is 5.01. The van der Waals surface area contributed by atoms with Crippen molar-refractivity contribution in [2.75, 3.05) is 39.7 Å². The van der Waals surface area contributed by atoms with Crippen LogP contribution in [0.1, 0.15) is 54.4 Å². The van der Waals surface area contributed by atoms with E-state index in [1.165, 1.54) is 45.7 Å². The second-order valence-electron chi connectivity index (χ2n) is 17.9. The van der Waals surface area contributed by atoms with Crippen molar-refractivity contribution in [3.63, 3.8) is 0 Å². The Morgan fingerprint density at radius 3 is 1.99 bits per heavy atom. The van der Waals surface area contributed by atoms with Gasteiger partial charge in [-0.05, 0) is 115 Å². The SMILES string of the molecule is COc1ccc(CN(Cc2ccc(OC)cc2)S(=O)(=O)c2c(S(=O)(=O)N[C@@H]3CCN(C(=O)OC(C)(C)C)C3)ccc(-c3cccc(Nc4nc(C(N)=O)cs4)c3)c2-c2nnn(Cc3ccc(OC)cc3)n2)cc1. The van der Waals surface area contributed by atoms with E-state index in [9.17, 15) is 9.59 Å². The van der Waals surface area contributed by atoms with Gasteiger partial charge in [-0.2, -0.15) is 9.10 Å². The molecular weight excluding hydrogens is 997 g/mol. The number of anilines is 2. The Hall–Kier alpha value is -7.44. The van der Waals surface area contributed by atoms with Gasteiger partial charge in [-0.3, -0.25) is 4.79 Å². The van der Waals surface area contributed by atoms with Gasteiger partial charge in [0.2, 0.25) is 25.9 Å². The molecule has 0 radical (unpaired) electrons. The highest BCUT2D eigenvalue weighted by atomic mass is 32.2. The van der Waals surface area contributed by atoms with Gasteiger partial charge in [0.05, 0.1) is 33.4 Å². The first kappa shape index (κ1) is 51.9. The Labute approximate surface area is 427 Å². The number of carbonyl (C=O) groups excluding carboxylic acids is 2. The van der Waals surface area contributed by atoms with E-state index < -0.39 is 53.5 Å². The van der Waals surface area contributed by atoms with Gasteiger partial charge in [0.1, 0.15) is 38.3 Å². The molecule has 1 fully saturated rings. The molecule has 20 nitrogen and oxygen atoms in total. The lowest BCUT2D eigenvalue weighted by Gasteiger charge is -2.27. The van der Waals surface area contributed by atoms with Crippen LogP contribution in [0.15, 0.2) is 124 Å². The number of benzene rings is 5. The first-order chi connectivity index (χ1) is 34.8. The molecule has 3 heterocycles. The van der Waals surface area contributed by atoms with Crippen molar-refractivity contribution < 1.29 is 45.4 Å². The molecular formula is C50H54N10O10S3. The topological polar surface area (TPSA) is 252 Å². The maximum atomic E-state index is 16.2. The fourth-order valence-electron chi connectivity index (χ4n) is 7.99. The van der Waals surface area contributed by atoms with Crippen molar-refractivity contribution in [3.05, 3.63) is 137 Å². The highest BCUT2D eigenvalue weighted by Gasteiger charge is 2.40. The summed E-state index contributed by atoms with van der Waals surface area (Å²) in [7, 11) is -5.18. The summed E-state index contributed by atoms with van der Waals surface area (Å²) in [5, 5.41) is 18.6. The number of likely N-dealkylation sites (tertiary alicyclic amines) is 1. The highest BCUT2D eigenvalue weighted by molar-refractivity contribution is 7.92. The maximum absolute atomic E-state index is 16.2. The number of tetrazole rings is 1. The van der Waals surface area contributed by atoms with Crippen LogP contribution in [-0.4, -0.2) is 109 Å². The van der Waals surface area contributed by atoms with E-state index in [0.717, 1.165) is 16.9 Å². The lowest BCUT2D eigenvalue weighted by Crippen LogP contribution is -2.41. The summed E-state index contributed by atoms with van der Waals surface area (Å²) in [6, 6.07) is 29.7. The molecule has 0 aliphatic carbocycles. The minimum absolute atomic E-state index is 0.0384. The zero-order chi connectivity index (χ0) is 52.1. The van der Waals surface area contributed by atoms with E-state index in [1.54, 1.807) is 113 Å². The first-order valence-corrected chi connectivity index (χ1v) is 26.6. The standard InChI is InChI=1S/C50H54N10O10S3/c1-50(2,3)70-49(62)58-25-24-37(30-58)56-72(63,64)43-23-22-41(35-8-7-9-36(26-35)52-48-53-42(31-71-48)46(51)61)44(47-54-57-60(55-47)29-34-14-20-40(69-6)21-15-34)45(43)73(65,66)59(27-32-10-16-38(67-4)17-11-32)28-33-12-18-39(68-5)19-13-33/h7-23,26,31,37,56H,24-25,27-30H2,1-6H3,(H2,51,61)(H,52,53)/t37-/m1/s1. The fraction of sp³-hybridized carbons (Fsp3) is 0.280. The number of primary amides is 1. The van der Waals surface area contributed by atoms with E-state index in [4.69, 9.17) is 29.8 Å². The molecule has 73 heavy (non-hydrogen) atoms.